The van der Waals surface area contributed by atoms with E-state index in [1.54, 1.807) is 12.3 Å². The van der Waals surface area contributed by atoms with E-state index in [1.165, 1.54) is 27.8 Å². The zero-order valence-corrected chi connectivity index (χ0v) is 17.1. The molecular formula is C19H18N4O4S2. The van der Waals surface area contributed by atoms with Gasteiger partial charge in [0.05, 0.1) is 6.61 Å². The van der Waals surface area contributed by atoms with E-state index in [-0.39, 0.29) is 12.5 Å². The zero-order valence-electron chi connectivity index (χ0n) is 15.5. The van der Waals surface area contributed by atoms with Crippen molar-refractivity contribution in [3.8, 4) is 17.0 Å². The van der Waals surface area contributed by atoms with Gasteiger partial charge >= 0.3 is 120 Å². The van der Waals surface area contributed by atoms with E-state index < -0.39 is 16.7 Å². The number of anilines is 1. The Morgan fingerprint density at radius 1 is 1.38 bits per heavy atom. The Balaban J connectivity index is 1.33. The number of thiazole rings is 1. The number of hydrogen-bond donors (Lipinski definition) is 2. The average Bonchev–Trinajstić information content (AvgIpc) is 3.45. The monoisotopic (exact) mass is 430 g/mol. The fraction of sp³-hybridized carbons (Fsp3) is 0.211. The van der Waals surface area contributed by atoms with Gasteiger partial charge < -0.3 is 4.74 Å². The molecule has 0 atom stereocenters. The fourth-order valence-corrected chi connectivity index (χ4v) is 4.14. The molecule has 0 unspecified atom stereocenters. The first-order chi connectivity index (χ1) is 14.0. The van der Waals surface area contributed by atoms with Gasteiger partial charge in [-0.05, 0) is 23.8 Å². The summed E-state index contributed by atoms with van der Waals surface area (Å²) >= 11 is 1.32. The van der Waals surface area contributed by atoms with E-state index in [0.717, 1.165) is 29.0 Å². The molecule has 0 bridgehead atoms. The molecule has 3 heterocycles. The molecule has 2 amide bonds. The van der Waals surface area contributed by atoms with Gasteiger partial charge in [-0.3, -0.25) is 0 Å². The van der Waals surface area contributed by atoms with Gasteiger partial charge in [0.25, 0.3) is 0 Å². The van der Waals surface area contributed by atoms with Gasteiger partial charge in [0.1, 0.15) is 5.75 Å². The van der Waals surface area contributed by atoms with Crippen LogP contribution in [0.15, 0.2) is 42.0 Å². The molecule has 3 aromatic rings. The normalized spacial score (nSPS) is 12.4. The molecule has 2 aromatic heterocycles. The molecule has 1 aliphatic heterocycles. The van der Waals surface area contributed by atoms with Gasteiger partial charge in [-0.25, -0.2) is 0 Å². The molecule has 2 N–H and O–H groups in total. The summed E-state index contributed by atoms with van der Waals surface area (Å²) in [6.45, 7) is 0.508. The molecule has 0 fully saturated rings. The number of nitrogens with zero attached hydrogens (tertiary/aromatic N) is 2. The van der Waals surface area contributed by atoms with E-state index in [4.69, 9.17) is 4.74 Å². The zero-order chi connectivity index (χ0) is 20.4. The number of benzene rings is 1. The molecular weight excluding hydrogens is 412 g/mol. The molecule has 1 aromatic carbocycles. The van der Waals surface area contributed by atoms with E-state index in [1.807, 2.05) is 17.5 Å². The van der Waals surface area contributed by atoms with Crippen LogP contribution in [0.25, 0.3) is 11.3 Å². The van der Waals surface area contributed by atoms with Crippen LogP contribution < -0.4 is 15.4 Å². The Bertz CT molecular complexity index is 1160. The minimum atomic E-state index is -1.23. The topological polar surface area (TPSA) is 105 Å². The second-order valence-electron chi connectivity index (χ2n) is 6.37. The molecule has 0 aliphatic carbocycles. The average molecular weight is 431 g/mol. The summed E-state index contributed by atoms with van der Waals surface area (Å²) in [5.41, 5.74) is 3.24. The minimum absolute atomic E-state index is 0.190. The van der Waals surface area contributed by atoms with Crippen LogP contribution in [-0.2, 0) is 26.1 Å². The van der Waals surface area contributed by atoms with E-state index >= 15 is 0 Å². The maximum absolute atomic E-state index is 12.1. The SMILES string of the molecule is C[S-](#[O+])n1ccc(C(=O)NCC(=O)Nc2nc(-c3ccc4c(c3)CCO4)cs2)c1. The number of fused-ring (bicyclic) bond motifs is 1. The summed E-state index contributed by atoms with van der Waals surface area (Å²) in [5.74, 6) is 0.124. The number of ether oxygens (including phenoxy) is 1. The Morgan fingerprint density at radius 3 is 3.03 bits per heavy atom. The third kappa shape index (κ3) is 4.44. The van der Waals surface area contributed by atoms with Crippen LogP contribution in [0.4, 0.5) is 5.13 Å². The quantitative estimate of drug-likeness (QED) is 0.478. The van der Waals surface area contributed by atoms with Gasteiger partial charge in [-0.1, -0.05) is 0 Å². The van der Waals surface area contributed by atoms with E-state index in [9.17, 15) is 13.6 Å². The summed E-state index contributed by atoms with van der Waals surface area (Å²) in [5, 5.41) is 7.56. The van der Waals surface area contributed by atoms with Crippen LogP contribution in [-0.4, -0.2) is 40.2 Å². The van der Waals surface area contributed by atoms with Crippen LogP contribution in [0.2, 0.25) is 0 Å². The molecule has 4 rings (SSSR count). The molecule has 10 heteroatoms. The van der Waals surface area contributed by atoms with Crippen molar-refractivity contribution in [2.75, 3.05) is 24.7 Å². The molecule has 1 aliphatic rings. The van der Waals surface area contributed by atoms with Crippen molar-refractivity contribution in [3.05, 3.63) is 53.2 Å². The molecule has 150 valence electrons. The maximum atomic E-state index is 12.1. The molecule has 29 heavy (non-hydrogen) atoms. The number of rotatable bonds is 5. The Morgan fingerprint density at radius 2 is 2.24 bits per heavy atom. The van der Waals surface area contributed by atoms with Crippen LogP contribution in [0.3, 0.4) is 0 Å². The second-order valence-corrected chi connectivity index (χ2v) is 8.50. The van der Waals surface area contributed by atoms with E-state index in [0.29, 0.717) is 17.3 Å². The molecule has 0 saturated heterocycles. The predicted octanol–water partition coefficient (Wildman–Crippen LogP) is 2.27. The first-order valence-corrected chi connectivity index (χ1v) is 11.2. The molecule has 0 saturated carbocycles. The standard InChI is InChI=1S/C19H18N4O4S2/c1-29(26)23-6-4-14(10-23)18(25)20-9-17(24)22-19-21-15(11-28-19)12-2-3-16-13(8-12)5-7-27-16/h2-4,6,8,10-11H,5,7,9H2,1H3,(H,20,25)(H,21,22,24). The number of aromatic nitrogens is 2. The number of hydrogen-bond acceptors (Lipinski definition) is 6. The Labute approximate surface area is 173 Å². The number of carbonyl (C=O) groups is 2. The van der Waals surface area contributed by atoms with Gasteiger partial charge in [0.15, 0.2) is 0 Å². The summed E-state index contributed by atoms with van der Waals surface area (Å²) in [4.78, 5) is 28.7. The van der Waals surface area contributed by atoms with Crippen molar-refractivity contribution in [3.63, 3.8) is 0 Å². The summed E-state index contributed by atoms with van der Waals surface area (Å²) < 4.78 is 18.3. The predicted molar refractivity (Wildman–Crippen MR) is 112 cm³/mol. The third-order valence-corrected chi connectivity index (χ3v) is 5.95. The Kier molecular flexibility index (Phi) is 5.56. The van der Waals surface area contributed by atoms with Crippen molar-refractivity contribution in [2.45, 2.75) is 6.42 Å². The van der Waals surface area contributed by atoms with Crippen LogP contribution in [0.1, 0.15) is 15.9 Å². The fourth-order valence-electron chi connectivity index (χ4n) is 2.91. The Hall–Kier alpha value is -2.82. The van der Waals surface area contributed by atoms with Crippen molar-refractivity contribution in [1.82, 2.24) is 14.3 Å². The van der Waals surface area contributed by atoms with Crippen LogP contribution in [0.5, 0.6) is 5.75 Å². The number of carbonyl (C=O) groups excluding carboxylic acids is 2. The summed E-state index contributed by atoms with van der Waals surface area (Å²) in [7, 11) is -1.23. The van der Waals surface area contributed by atoms with Crippen molar-refractivity contribution >= 4 is 39.1 Å². The van der Waals surface area contributed by atoms with E-state index in [2.05, 4.69) is 21.7 Å². The van der Waals surface area contributed by atoms with Crippen molar-refractivity contribution in [1.29, 1.82) is 0 Å². The summed E-state index contributed by atoms with van der Waals surface area (Å²) in [6.07, 6.45) is 5.41. The van der Waals surface area contributed by atoms with Gasteiger partial charge in [-0.2, -0.15) is 0 Å². The number of amides is 2. The number of nitrogens with one attached hydrogen (secondary N) is 2. The molecule has 0 radical (unpaired) electrons. The van der Waals surface area contributed by atoms with Gasteiger partial charge in [0, 0.05) is 12.0 Å². The third-order valence-electron chi connectivity index (χ3n) is 4.37. The van der Waals surface area contributed by atoms with Crippen molar-refractivity contribution in [2.24, 2.45) is 0 Å². The van der Waals surface area contributed by atoms with Gasteiger partial charge in [0.2, 0.25) is 0 Å². The summed E-state index contributed by atoms with van der Waals surface area (Å²) in [6, 6.07) is 7.48. The first kappa shape index (κ1) is 19.5. The molecule has 8 nitrogen and oxygen atoms in total. The van der Waals surface area contributed by atoms with Crippen LogP contribution >= 0.6 is 11.3 Å². The first-order valence-electron chi connectivity index (χ1n) is 8.81. The van der Waals surface area contributed by atoms with Crippen LogP contribution in [0, 0.1) is 0 Å². The van der Waals surface area contributed by atoms with Gasteiger partial charge in [-0.15, -0.1) is 0 Å². The van der Waals surface area contributed by atoms with Crippen molar-refractivity contribution < 1.29 is 18.4 Å². The second kappa shape index (κ2) is 8.27. The molecule has 0 spiro atoms.